The molecule has 0 aliphatic carbocycles. The van der Waals surface area contributed by atoms with Crippen molar-refractivity contribution in [3.8, 4) is 0 Å². The van der Waals surface area contributed by atoms with Gasteiger partial charge in [-0.2, -0.15) is 0 Å². The van der Waals surface area contributed by atoms with Gasteiger partial charge in [0.15, 0.2) is 0 Å². The van der Waals surface area contributed by atoms with E-state index in [9.17, 15) is 9.18 Å². The first-order valence-electron chi connectivity index (χ1n) is 6.68. The van der Waals surface area contributed by atoms with E-state index in [1.807, 2.05) is 32.0 Å². The highest BCUT2D eigenvalue weighted by Gasteiger charge is 2.23. The molecule has 21 heavy (non-hydrogen) atoms. The van der Waals surface area contributed by atoms with Crippen LogP contribution in [0.4, 0.5) is 4.39 Å². The standard InChI is InChI=1S/C17H17ClFNO/c1-17(2,13-4-3-5-14(18)11-13)20-16(21)10-12-6-8-15(19)9-7-12/h3-9,11H,10H2,1-2H3,(H,20,21). The monoisotopic (exact) mass is 305 g/mol. The number of carbonyl (C=O) groups excluding carboxylic acids is 1. The Balaban J connectivity index is 2.05. The zero-order valence-electron chi connectivity index (χ0n) is 12.0. The van der Waals surface area contributed by atoms with Gasteiger partial charge in [0.25, 0.3) is 0 Å². The lowest BCUT2D eigenvalue weighted by molar-refractivity contribution is -0.122. The molecule has 1 amide bonds. The Bertz CT molecular complexity index is 637. The van der Waals surface area contributed by atoms with Crippen molar-refractivity contribution in [3.05, 3.63) is 70.5 Å². The maximum atomic E-state index is 12.8. The van der Waals surface area contributed by atoms with Gasteiger partial charge in [0, 0.05) is 5.02 Å². The van der Waals surface area contributed by atoms with Crippen LogP contribution in [0.2, 0.25) is 5.02 Å². The number of carbonyl (C=O) groups is 1. The van der Waals surface area contributed by atoms with Gasteiger partial charge in [-0.05, 0) is 49.2 Å². The number of halogens is 2. The van der Waals surface area contributed by atoms with Crippen LogP contribution in [-0.2, 0) is 16.8 Å². The van der Waals surface area contributed by atoms with Gasteiger partial charge in [0.2, 0.25) is 5.91 Å². The van der Waals surface area contributed by atoms with Crippen molar-refractivity contribution in [3.63, 3.8) is 0 Å². The normalized spacial score (nSPS) is 11.2. The Morgan fingerprint density at radius 2 is 1.86 bits per heavy atom. The third-order valence-electron chi connectivity index (χ3n) is 3.28. The minimum Gasteiger partial charge on any atom is -0.347 e. The smallest absolute Gasteiger partial charge is 0.225 e. The summed E-state index contributed by atoms with van der Waals surface area (Å²) < 4.78 is 12.8. The van der Waals surface area contributed by atoms with E-state index in [4.69, 9.17) is 11.6 Å². The van der Waals surface area contributed by atoms with Gasteiger partial charge in [0.05, 0.1) is 12.0 Å². The van der Waals surface area contributed by atoms with Crippen LogP contribution in [0, 0.1) is 5.82 Å². The molecule has 1 N–H and O–H groups in total. The predicted octanol–water partition coefficient (Wildman–Crippen LogP) is 4.07. The second-order valence-electron chi connectivity index (χ2n) is 5.49. The molecule has 2 rings (SSSR count). The summed E-state index contributed by atoms with van der Waals surface area (Å²) in [6, 6.07) is 13.3. The molecule has 0 bridgehead atoms. The van der Waals surface area contributed by atoms with Crippen LogP contribution in [0.25, 0.3) is 0 Å². The summed E-state index contributed by atoms with van der Waals surface area (Å²) in [5.74, 6) is -0.426. The molecule has 0 fully saturated rings. The lowest BCUT2D eigenvalue weighted by Crippen LogP contribution is -2.41. The number of amides is 1. The number of hydrogen-bond acceptors (Lipinski definition) is 1. The summed E-state index contributed by atoms with van der Waals surface area (Å²) >= 11 is 5.98. The summed E-state index contributed by atoms with van der Waals surface area (Å²) in [6.07, 6.45) is 0.213. The maximum absolute atomic E-state index is 12.8. The molecule has 0 atom stereocenters. The average Bonchev–Trinajstić information content (AvgIpc) is 2.41. The van der Waals surface area contributed by atoms with E-state index in [-0.39, 0.29) is 18.1 Å². The van der Waals surface area contributed by atoms with Crippen LogP contribution in [-0.4, -0.2) is 5.91 Å². The average molecular weight is 306 g/mol. The van der Waals surface area contributed by atoms with Crippen LogP contribution in [0.15, 0.2) is 48.5 Å². The van der Waals surface area contributed by atoms with Crippen molar-refractivity contribution >= 4 is 17.5 Å². The largest absolute Gasteiger partial charge is 0.347 e. The van der Waals surface area contributed by atoms with Gasteiger partial charge < -0.3 is 5.32 Å². The van der Waals surface area contributed by atoms with Crippen molar-refractivity contribution in [2.75, 3.05) is 0 Å². The molecule has 0 aliphatic heterocycles. The molecule has 0 radical (unpaired) electrons. The third kappa shape index (κ3) is 4.30. The molecule has 2 aromatic carbocycles. The summed E-state index contributed by atoms with van der Waals surface area (Å²) in [5.41, 5.74) is 1.18. The highest BCUT2D eigenvalue weighted by molar-refractivity contribution is 6.30. The molecule has 2 nitrogen and oxygen atoms in total. The fourth-order valence-corrected chi connectivity index (χ4v) is 2.32. The van der Waals surface area contributed by atoms with Crippen LogP contribution in [0.1, 0.15) is 25.0 Å². The van der Waals surface area contributed by atoms with E-state index >= 15 is 0 Å². The van der Waals surface area contributed by atoms with Gasteiger partial charge in [-0.1, -0.05) is 35.9 Å². The molecule has 0 saturated carbocycles. The zero-order valence-corrected chi connectivity index (χ0v) is 12.7. The fraction of sp³-hybridized carbons (Fsp3) is 0.235. The number of rotatable bonds is 4. The van der Waals surface area contributed by atoms with Crippen LogP contribution < -0.4 is 5.32 Å². The van der Waals surface area contributed by atoms with E-state index in [1.165, 1.54) is 12.1 Å². The second kappa shape index (κ2) is 6.27. The molecule has 0 aliphatic rings. The molecule has 110 valence electrons. The van der Waals surface area contributed by atoms with Crippen molar-refractivity contribution in [2.45, 2.75) is 25.8 Å². The second-order valence-corrected chi connectivity index (χ2v) is 5.92. The van der Waals surface area contributed by atoms with Gasteiger partial charge in [0.1, 0.15) is 5.82 Å². The first-order chi connectivity index (χ1) is 9.87. The van der Waals surface area contributed by atoms with Gasteiger partial charge in [-0.15, -0.1) is 0 Å². The quantitative estimate of drug-likeness (QED) is 0.906. The number of hydrogen-bond donors (Lipinski definition) is 1. The SMILES string of the molecule is CC(C)(NC(=O)Cc1ccc(F)cc1)c1cccc(Cl)c1. The topological polar surface area (TPSA) is 29.1 Å². The van der Waals surface area contributed by atoms with Crippen molar-refractivity contribution in [1.29, 1.82) is 0 Å². The summed E-state index contributed by atoms with van der Waals surface area (Å²) in [6.45, 7) is 3.84. The van der Waals surface area contributed by atoms with E-state index in [2.05, 4.69) is 5.32 Å². The molecule has 0 aromatic heterocycles. The zero-order chi connectivity index (χ0) is 15.5. The summed E-state index contributed by atoms with van der Waals surface area (Å²) in [5, 5.41) is 3.60. The lowest BCUT2D eigenvalue weighted by atomic mass is 9.94. The molecule has 0 spiro atoms. The molecule has 2 aromatic rings. The lowest BCUT2D eigenvalue weighted by Gasteiger charge is -2.27. The van der Waals surface area contributed by atoms with Crippen molar-refractivity contribution < 1.29 is 9.18 Å². The van der Waals surface area contributed by atoms with Crippen LogP contribution in [0.5, 0.6) is 0 Å². The summed E-state index contributed by atoms with van der Waals surface area (Å²) in [7, 11) is 0. The molecule has 0 heterocycles. The van der Waals surface area contributed by atoms with E-state index < -0.39 is 5.54 Å². The van der Waals surface area contributed by atoms with Crippen molar-refractivity contribution in [1.82, 2.24) is 5.32 Å². The summed E-state index contributed by atoms with van der Waals surface area (Å²) in [4.78, 5) is 12.1. The molecular formula is C17H17ClFNO. The molecule has 4 heteroatoms. The molecule has 0 unspecified atom stereocenters. The van der Waals surface area contributed by atoms with Crippen LogP contribution in [0.3, 0.4) is 0 Å². The van der Waals surface area contributed by atoms with E-state index in [1.54, 1.807) is 18.2 Å². The minimum atomic E-state index is -0.526. The highest BCUT2D eigenvalue weighted by Crippen LogP contribution is 2.23. The van der Waals surface area contributed by atoms with E-state index in [0.717, 1.165) is 11.1 Å². The van der Waals surface area contributed by atoms with Crippen molar-refractivity contribution in [2.24, 2.45) is 0 Å². The minimum absolute atomic E-state index is 0.119. The first kappa shape index (κ1) is 15.5. The molecular weight excluding hydrogens is 289 g/mol. The van der Waals surface area contributed by atoms with Crippen LogP contribution >= 0.6 is 11.6 Å². The highest BCUT2D eigenvalue weighted by atomic mass is 35.5. The Hall–Kier alpha value is -1.87. The Labute approximate surface area is 128 Å². The Morgan fingerprint density at radius 1 is 1.19 bits per heavy atom. The Kier molecular flexibility index (Phi) is 4.63. The maximum Gasteiger partial charge on any atom is 0.225 e. The van der Waals surface area contributed by atoms with Gasteiger partial charge >= 0.3 is 0 Å². The Morgan fingerprint density at radius 3 is 2.48 bits per heavy atom. The van der Waals surface area contributed by atoms with Gasteiger partial charge in [-0.25, -0.2) is 4.39 Å². The fourth-order valence-electron chi connectivity index (χ4n) is 2.13. The van der Waals surface area contributed by atoms with Gasteiger partial charge in [-0.3, -0.25) is 4.79 Å². The molecule has 0 saturated heterocycles. The number of nitrogens with one attached hydrogen (secondary N) is 1. The first-order valence-corrected chi connectivity index (χ1v) is 7.06. The number of benzene rings is 2. The third-order valence-corrected chi connectivity index (χ3v) is 3.51. The van der Waals surface area contributed by atoms with E-state index in [0.29, 0.717) is 5.02 Å². The predicted molar refractivity (Wildman–Crippen MR) is 82.7 cm³/mol.